The number of hydrogen-bond acceptors (Lipinski definition) is 5. The van der Waals surface area contributed by atoms with Gasteiger partial charge in [-0.1, -0.05) is 0 Å². The van der Waals surface area contributed by atoms with Crippen LogP contribution in [0.2, 0.25) is 0 Å². The summed E-state index contributed by atoms with van der Waals surface area (Å²) in [5.41, 5.74) is 0.770. The number of aryl methyl sites for hydroxylation is 1. The third-order valence-electron chi connectivity index (χ3n) is 3.35. The van der Waals surface area contributed by atoms with Gasteiger partial charge in [-0.2, -0.15) is 0 Å². The van der Waals surface area contributed by atoms with Crippen LogP contribution in [0.25, 0.3) is 0 Å². The zero-order valence-corrected chi connectivity index (χ0v) is 14.8. The van der Waals surface area contributed by atoms with E-state index in [1.54, 1.807) is 6.92 Å². The molecule has 0 saturated heterocycles. The van der Waals surface area contributed by atoms with Gasteiger partial charge in [0.25, 0.3) is 15.9 Å². The summed E-state index contributed by atoms with van der Waals surface area (Å²) in [7, 11) is -3.84. The van der Waals surface area contributed by atoms with Crippen molar-refractivity contribution in [1.29, 1.82) is 0 Å². The summed E-state index contributed by atoms with van der Waals surface area (Å²) in [6.45, 7) is 1.37. The number of anilines is 1. The van der Waals surface area contributed by atoms with E-state index in [0.29, 0.717) is 11.3 Å². The number of aliphatic hydroxyl groups excluding tert-OH is 1. The maximum absolute atomic E-state index is 12.9. The molecule has 3 N–H and O–H groups in total. The van der Waals surface area contributed by atoms with Gasteiger partial charge in [0.2, 0.25) is 0 Å². The molecular formula is C17H19FN2O5S. The zero-order valence-electron chi connectivity index (χ0n) is 14.0. The SMILES string of the molecule is Cc1cc(S(=O)(=O)Nc2ccc(F)cc2)ccc1OCC(=O)NCCO. The van der Waals surface area contributed by atoms with Crippen LogP contribution < -0.4 is 14.8 Å². The summed E-state index contributed by atoms with van der Waals surface area (Å²) >= 11 is 0. The Hall–Kier alpha value is -2.65. The molecule has 2 aromatic rings. The van der Waals surface area contributed by atoms with Crippen LogP contribution >= 0.6 is 0 Å². The molecule has 0 aromatic heterocycles. The summed E-state index contributed by atoms with van der Waals surface area (Å²) in [4.78, 5) is 11.5. The lowest BCUT2D eigenvalue weighted by Gasteiger charge is -2.12. The van der Waals surface area contributed by atoms with Gasteiger partial charge in [-0.05, 0) is 55.0 Å². The molecule has 0 unspecified atom stereocenters. The number of nitrogens with one attached hydrogen (secondary N) is 2. The van der Waals surface area contributed by atoms with Gasteiger partial charge < -0.3 is 15.2 Å². The quantitative estimate of drug-likeness (QED) is 0.641. The summed E-state index contributed by atoms with van der Waals surface area (Å²) in [6, 6.07) is 9.16. The molecule has 0 spiro atoms. The second-order valence-corrected chi connectivity index (χ2v) is 7.08. The molecule has 0 aliphatic heterocycles. The Morgan fingerprint density at radius 1 is 1.19 bits per heavy atom. The van der Waals surface area contributed by atoms with Crippen LogP contribution in [-0.4, -0.2) is 39.2 Å². The lowest BCUT2D eigenvalue weighted by atomic mass is 10.2. The minimum Gasteiger partial charge on any atom is -0.484 e. The number of ether oxygens (including phenoxy) is 1. The fraction of sp³-hybridized carbons (Fsp3) is 0.235. The monoisotopic (exact) mass is 382 g/mol. The Kier molecular flexibility index (Phi) is 6.53. The van der Waals surface area contributed by atoms with E-state index in [1.807, 2.05) is 0 Å². The van der Waals surface area contributed by atoms with E-state index >= 15 is 0 Å². The topological polar surface area (TPSA) is 105 Å². The van der Waals surface area contributed by atoms with Gasteiger partial charge in [-0.3, -0.25) is 9.52 Å². The molecule has 0 aliphatic rings. The standard InChI is InChI=1S/C17H19FN2O5S/c1-12-10-15(6-7-16(12)25-11-17(22)19-8-9-21)26(23,24)20-14-4-2-13(18)3-5-14/h2-7,10,20-21H,8-9,11H2,1H3,(H,19,22). The van der Waals surface area contributed by atoms with E-state index in [-0.39, 0.29) is 30.3 Å². The van der Waals surface area contributed by atoms with Crippen molar-refractivity contribution in [3.63, 3.8) is 0 Å². The summed E-state index contributed by atoms with van der Waals surface area (Å²) in [5.74, 6) is -0.494. The fourth-order valence-electron chi connectivity index (χ4n) is 2.07. The van der Waals surface area contributed by atoms with Crippen molar-refractivity contribution < 1.29 is 27.4 Å². The molecule has 2 aromatic carbocycles. The second kappa shape index (κ2) is 8.63. The first kappa shape index (κ1) is 19.7. The third kappa shape index (κ3) is 5.43. The molecule has 7 nitrogen and oxygen atoms in total. The van der Waals surface area contributed by atoms with Crippen molar-refractivity contribution in [2.45, 2.75) is 11.8 Å². The number of benzene rings is 2. The molecule has 26 heavy (non-hydrogen) atoms. The Morgan fingerprint density at radius 3 is 2.50 bits per heavy atom. The van der Waals surface area contributed by atoms with Gasteiger partial charge >= 0.3 is 0 Å². The van der Waals surface area contributed by atoms with Gasteiger partial charge in [-0.25, -0.2) is 12.8 Å². The van der Waals surface area contributed by atoms with Crippen molar-refractivity contribution in [2.24, 2.45) is 0 Å². The molecule has 0 aliphatic carbocycles. The largest absolute Gasteiger partial charge is 0.484 e. The highest BCUT2D eigenvalue weighted by Gasteiger charge is 2.16. The zero-order chi connectivity index (χ0) is 19.2. The molecule has 9 heteroatoms. The number of sulfonamides is 1. The average Bonchev–Trinajstić information content (AvgIpc) is 2.60. The van der Waals surface area contributed by atoms with Crippen molar-refractivity contribution in [3.05, 3.63) is 53.8 Å². The van der Waals surface area contributed by atoms with Gasteiger partial charge in [0.1, 0.15) is 11.6 Å². The van der Waals surface area contributed by atoms with Crippen LogP contribution in [0.1, 0.15) is 5.56 Å². The first-order valence-corrected chi connectivity index (χ1v) is 9.19. The molecule has 140 valence electrons. The predicted octanol–water partition coefficient (Wildman–Crippen LogP) is 1.42. The molecule has 0 fully saturated rings. The molecule has 0 saturated carbocycles. The number of carbonyl (C=O) groups is 1. The smallest absolute Gasteiger partial charge is 0.261 e. The minimum absolute atomic E-state index is 0.0106. The molecule has 1 amide bonds. The van der Waals surface area contributed by atoms with Crippen LogP contribution in [0.4, 0.5) is 10.1 Å². The molecule has 0 heterocycles. The second-order valence-electron chi connectivity index (χ2n) is 5.40. The Balaban J connectivity index is 2.07. The number of hydrogen-bond donors (Lipinski definition) is 3. The predicted molar refractivity (Wildman–Crippen MR) is 94.0 cm³/mol. The van der Waals surface area contributed by atoms with E-state index in [4.69, 9.17) is 9.84 Å². The van der Waals surface area contributed by atoms with Crippen molar-refractivity contribution >= 4 is 21.6 Å². The van der Waals surface area contributed by atoms with Crippen LogP contribution in [0.5, 0.6) is 5.75 Å². The Morgan fingerprint density at radius 2 is 1.88 bits per heavy atom. The van der Waals surface area contributed by atoms with Gasteiger partial charge in [0.15, 0.2) is 6.61 Å². The van der Waals surface area contributed by atoms with Crippen molar-refractivity contribution in [1.82, 2.24) is 5.32 Å². The number of amides is 1. The molecular weight excluding hydrogens is 363 g/mol. The number of rotatable bonds is 8. The van der Waals surface area contributed by atoms with E-state index in [1.165, 1.54) is 30.3 Å². The fourth-order valence-corrected chi connectivity index (χ4v) is 3.22. The van der Waals surface area contributed by atoms with Crippen LogP contribution in [0.15, 0.2) is 47.4 Å². The van der Waals surface area contributed by atoms with Crippen LogP contribution in [-0.2, 0) is 14.8 Å². The Labute approximate surface area is 150 Å². The molecule has 0 bridgehead atoms. The Bertz CT molecular complexity index is 869. The van der Waals surface area contributed by atoms with Crippen molar-refractivity contribution in [2.75, 3.05) is 24.5 Å². The lowest BCUT2D eigenvalue weighted by Crippen LogP contribution is -2.31. The van der Waals surface area contributed by atoms with E-state index in [9.17, 15) is 17.6 Å². The van der Waals surface area contributed by atoms with Gasteiger partial charge in [0, 0.05) is 12.2 Å². The maximum atomic E-state index is 12.9. The lowest BCUT2D eigenvalue weighted by molar-refractivity contribution is -0.123. The summed E-state index contributed by atoms with van der Waals surface area (Å²) < 4.78 is 45.4. The normalized spacial score (nSPS) is 11.0. The number of halogens is 1. The minimum atomic E-state index is -3.84. The van der Waals surface area contributed by atoms with E-state index in [2.05, 4.69) is 10.0 Å². The first-order chi connectivity index (χ1) is 12.3. The molecule has 2 rings (SSSR count). The van der Waals surface area contributed by atoms with Crippen LogP contribution in [0.3, 0.4) is 0 Å². The first-order valence-electron chi connectivity index (χ1n) is 7.71. The van der Waals surface area contributed by atoms with Gasteiger partial charge in [0.05, 0.1) is 11.5 Å². The summed E-state index contributed by atoms with van der Waals surface area (Å²) in [6.07, 6.45) is 0. The highest BCUT2D eigenvalue weighted by Crippen LogP contribution is 2.23. The summed E-state index contributed by atoms with van der Waals surface area (Å²) in [5, 5.41) is 11.1. The van der Waals surface area contributed by atoms with Crippen molar-refractivity contribution in [3.8, 4) is 5.75 Å². The maximum Gasteiger partial charge on any atom is 0.261 e. The van der Waals surface area contributed by atoms with E-state index in [0.717, 1.165) is 12.1 Å². The molecule has 0 radical (unpaired) electrons. The number of carbonyl (C=O) groups excluding carboxylic acids is 1. The third-order valence-corrected chi connectivity index (χ3v) is 4.72. The van der Waals surface area contributed by atoms with Gasteiger partial charge in [-0.15, -0.1) is 0 Å². The average molecular weight is 382 g/mol. The van der Waals surface area contributed by atoms with Crippen LogP contribution in [0, 0.1) is 12.7 Å². The highest BCUT2D eigenvalue weighted by atomic mass is 32.2. The highest BCUT2D eigenvalue weighted by molar-refractivity contribution is 7.92. The van der Waals surface area contributed by atoms with E-state index < -0.39 is 21.7 Å². The molecule has 0 atom stereocenters. The number of aliphatic hydroxyl groups is 1.